The van der Waals surface area contributed by atoms with E-state index in [1.165, 1.54) is 24.6 Å². The Morgan fingerprint density at radius 3 is 3.00 bits per heavy atom. The summed E-state index contributed by atoms with van der Waals surface area (Å²) in [5.41, 5.74) is 5.95. The summed E-state index contributed by atoms with van der Waals surface area (Å²) >= 11 is 0. The number of aromatic nitrogens is 2. The summed E-state index contributed by atoms with van der Waals surface area (Å²) in [4.78, 5) is 15.4. The Kier molecular flexibility index (Phi) is 2.91. The molecule has 0 bridgehead atoms. The van der Waals surface area contributed by atoms with Crippen molar-refractivity contribution in [2.75, 3.05) is 5.73 Å². The smallest absolute Gasteiger partial charge is 0.251 e. The fraction of sp³-hybridized carbons (Fsp3) is 0.100. The number of benzene rings is 1. The van der Waals surface area contributed by atoms with Gasteiger partial charge in [0.2, 0.25) is 6.39 Å². The number of anilines is 1. The standard InChI is InChI=1S/C10H10N4O3/c11-7-2-1-6(3-8(7)15)10(16)12-4-9-13-5-17-14-9/h1-3,5,15H,4,11H2,(H,12,16). The van der Waals surface area contributed by atoms with Crippen molar-refractivity contribution in [3.8, 4) is 5.75 Å². The molecule has 0 aliphatic heterocycles. The number of nitrogens with two attached hydrogens (primary N) is 1. The van der Waals surface area contributed by atoms with Gasteiger partial charge in [0.1, 0.15) is 5.75 Å². The number of aromatic hydroxyl groups is 1. The Morgan fingerprint density at radius 1 is 1.53 bits per heavy atom. The average molecular weight is 234 g/mol. The molecule has 2 rings (SSSR count). The van der Waals surface area contributed by atoms with Crippen molar-refractivity contribution in [1.29, 1.82) is 0 Å². The fourth-order valence-electron chi connectivity index (χ4n) is 1.22. The molecule has 1 heterocycles. The van der Waals surface area contributed by atoms with Gasteiger partial charge in [0.15, 0.2) is 5.82 Å². The summed E-state index contributed by atoms with van der Waals surface area (Å²) in [6.07, 6.45) is 1.18. The Labute approximate surface area is 96.2 Å². The quantitative estimate of drug-likeness (QED) is 0.519. The zero-order valence-electron chi connectivity index (χ0n) is 8.75. The van der Waals surface area contributed by atoms with Gasteiger partial charge in [-0.1, -0.05) is 5.16 Å². The first kappa shape index (κ1) is 10.9. The van der Waals surface area contributed by atoms with E-state index in [1.807, 2.05) is 0 Å². The second kappa shape index (κ2) is 4.52. The highest BCUT2D eigenvalue weighted by Crippen LogP contribution is 2.20. The molecule has 4 N–H and O–H groups in total. The first-order valence-corrected chi connectivity index (χ1v) is 4.79. The van der Waals surface area contributed by atoms with Gasteiger partial charge in [-0.3, -0.25) is 4.79 Å². The lowest BCUT2D eigenvalue weighted by Crippen LogP contribution is -2.23. The zero-order chi connectivity index (χ0) is 12.3. The van der Waals surface area contributed by atoms with Crippen molar-refractivity contribution in [2.24, 2.45) is 0 Å². The van der Waals surface area contributed by atoms with Gasteiger partial charge in [-0.2, -0.15) is 4.98 Å². The van der Waals surface area contributed by atoms with Gasteiger partial charge < -0.3 is 20.7 Å². The van der Waals surface area contributed by atoms with Crippen LogP contribution in [0.25, 0.3) is 0 Å². The molecule has 7 heteroatoms. The van der Waals surface area contributed by atoms with E-state index in [2.05, 4.69) is 20.0 Å². The first-order chi connectivity index (χ1) is 8.16. The molecule has 17 heavy (non-hydrogen) atoms. The molecule has 0 saturated heterocycles. The van der Waals surface area contributed by atoms with Crippen LogP contribution in [-0.4, -0.2) is 21.2 Å². The van der Waals surface area contributed by atoms with Gasteiger partial charge in [-0.15, -0.1) is 0 Å². The van der Waals surface area contributed by atoms with Gasteiger partial charge in [-0.25, -0.2) is 0 Å². The Hall–Kier alpha value is -2.57. The number of amides is 1. The normalized spacial score (nSPS) is 10.1. The van der Waals surface area contributed by atoms with E-state index < -0.39 is 0 Å². The number of nitrogens with one attached hydrogen (secondary N) is 1. The molecule has 2 aromatic rings. The average Bonchev–Trinajstić information content (AvgIpc) is 2.82. The predicted molar refractivity (Wildman–Crippen MR) is 58.0 cm³/mol. The molecule has 0 spiro atoms. The van der Waals surface area contributed by atoms with Crippen LogP contribution in [0.15, 0.2) is 29.1 Å². The Morgan fingerprint density at radius 2 is 2.35 bits per heavy atom. The molecule has 0 unspecified atom stereocenters. The van der Waals surface area contributed by atoms with Gasteiger partial charge in [0.25, 0.3) is 5.91 Å². The van der Waals surface area contributed by atoms with Crippen molar-refractivity contribution in [2.45, 2.75) is 6.54 Å². The maximum Gasteiger partial charge on any atom is 0.251 e. The molecular weight excluding hydrogens is 224 g/mol. The van der Waals surface area contributed by atoms with Crippen LogP contribution in [0.1, 0.15) is 16.2 Å². The third-order valence-corrected chi connectivity index (χ3v) is 2.11. The van der Waals surface area contributed by atoms with E-state index in [9.17, 15) is 9.90 Å². The maximum absolute atomic E-state index is 11.7. The molecule has 1 aromatic carbocycles. The molecule has 1 aromatic heterocycles. The third-order valence-electron chi connectivity index (χ3n) is 2.11. The second-order valence-corrected chi connectivity index (χ2v) is 3.30. The van der Waals surface area contributed by atoms with Gasteiger partial charge >= 0.3 is 0 Å². The highest BCUT2D eigenvalue weighted by molar-refractivity contribution is 5.95. The van der Waals surface area contributed by atoms with Crippen LogP contribution in [-0.2, 0) is 6.54 Å². The number of carbonyl (C=O) groups excluding carboxylic acids is 1. The van der Waals surface area contributed by atoms with Crippen molar-refractivity contribution in [1.82, 2.24) is 15.5 Å². The van der Waals surface area contributed by atoms with Crippen molar-refractivity contribution < 1.29 is 14.4 Å². The van der Waals surface area contributed by atoms with Gasteiger partial charge in [0.05, 0.1) is 12.2 Å². The van der Waals surface area contributed by atoms with Crippen LogP contribution in [0.5, 0.6) is 5.75 Å². The number of nitrogen functional groups attached to an aromatic ring is 1. The van der Waals surface area contributed by atoms with E-state index in [0.29, 0.717) is 11.4 Å². The maximum atomic E-state index is 11.7. The van der Waals surface area contributed by atoms with E-state index in [1.54, 1.807) is 0 Å². The van der Waals surface area contributed by atoms with E-state index in [-0.39, 0.29) is 23.9 Å². The largest absolute Gasteiger partial charge is 0.506 e. The number of carbonyl (C=O) groups is 1. The predicted octanol–water partition coefficient (Wildman–Crippen LogP) is 0.287. The SMILES string of the molecule is Nc1ccc(C(=O)NCc2ncon2)cc1O. The highest BCUT2D eigenvalue weighted by atomic mass is 16.5. The fourth-order valence-corrected chi connectivity index (χ4v) is 1.22. The van der Waals surface area contributed by atoms with Crippen LogP contribution in [0.2, 0.25) is 0 Å². The number of phenolic OH excluding ortho intramolecular Hbond substituents is 1. The second-order valence-electron chi connectivity index (χ2n) is 3.30. The molecule has 0 atom stereocenters. The van der Waals surface area contributed by atoms with Crippen LogP contribution >= 0.6 is 0 Å². The molecule has 88 valence electrons. The summed E-state index contributed by atoms with van der Waals surface area (Å²) in [5.74, 6) is -0.111. The first-order valence-electron chi connectivity index (χ1n) is 4.79. The lowest BCUT2D eigenvalue weighted by molar-refractivity contribution is 0.0949. The number of rotatable bonds is 3. The molecule has 0 fully saturated rings. The summed E-state index contributed by atoms with van der Waals surface area (Å²) in [7, 11) is 0. The lowest BCUT2D eigenvalue weighted by Gasteiger charge is -2.04. The van der Waals surface area contributed by atoms with Gasteiger partial charge in [0, 0.05) is 5.56 Å². The van der Waals surface area contributed by atoms with Crippen LogP contribution in [0, 0.1) is 0 Å². The zero-order valence-corrected chi connectivity index (χ0v) is 8.75. The summed E-state index contributed by atoms with van der Waals surface area (Å²) in [6.45, 7) is 0.153. The van der Waals surface area contributed by atoms with Crippen LogP contribution < -0.4 is 11.1 Å². The molecule has 0 aliphatic rings. The van der Waals surface area contributed by atoms with Crippen molar-refractivity contribution in [3.05, 3.63) is 36.0 Å². The molecular formula is C10H10N4O3. The number of hydrogen-bond donors (Lipinski definition) is 3. The minimum Gasteiger partial charge on any atom is -0.506 e. The summed E-state index contributed by atoms with van der Waals surface area (Å²) in [6, 6.07) is 4.26. The topological polar surface area (TPSA) is 114 Å². The molecule has 1 amide bonds. The third kappa shape index (κ3) is 2.51. The Bertz CT molecular complexity index is 524. The minimum absolute atomic E-state index is 0.128. The number of phenols is 1. The molecule has 0 saturated carbocycles. The number of nitrogens with zero attached hydrogens (tertiary/aromatic N) is 2. The molecule has 0 radical (unpaired) electrons. The van der Waals surface area contributed by atoms with Crippen LogP contribution in [0.3, 0.4) is 0 Å². The Balaban J connectivity index is 2.02. The van der Waals surface area contributed by atoms with E-state index >= 15 is 0 Å². The van der Waals surface area contributed by atoms with Crippen molar-refractivity contribution >= 4 is 11.6 Å². The van der Waals surface area contributed by atoms with Crippen molar-refractivity contribution in [3.63, 3.8) is 0 Å². The summed E-state index contributed by atoms with van der Waals surface area (Å²) < 4.78 is 4.52. The van der Waals surface area contributed by atoms with E-state index in [0.717, 1.165) is 0 Å². The molecule has 7 nitrogen and oxygen atoms in total. The van der Waals surface area contributed by atoms with E-state index in [4.69, 9.17) is 5.73 Å². The monoisotopic (exact) mass is 234 g/mol. The minimum atomic E-state index is -0.356. The number of hydrogen-bond acceptors (Lipinski definition) is 6. The summed E-state index contributed by atoms with van der Waals surface area (Å²) in [5, 5.41) is 15.5. The lowest BCUT2D eigenvalue weighted by atomic mass is 10.2. The van der Waals surface area contributed by atoms with Gasteiger partial charge in [-0.05, 0) is 18.2 Å². The molecule has 0 aliphatic carbocycles. The highest BCUT2D eigenvalue weighted by Gasteiger charge is 2.08. The van der Waals surface area contributed by atoms with Crippen LogP contribution in [0.4, 0.5) is 5.69 Å².